The minimum absolute atomic E-state index is 0.909. The van der Waals surface area contributed by atoms with Gasteiger partial charge in [-0.05, 0) is 78.1 Å². The predicted octanol–water partition coefficient (Wildman–Crippen LogP) is 12.2. The van der Waals surface area contributed by atoms with Gasteiger partial charge >= 0.3 is 0 Å². The number of benzene rings is 7. The van der Waals surface area contributed by atoms with Crippen molar-refractivity contribution in [2.45, 2.75) is 20.8 Å². The van der Waals surface area contributed by atoms with Crippen LogP contribution in [0.2, 0.25) is 0 Å². The van der Waals surface area contributed by atoms with Gasteiger partial charge < -0.3 is 0 Å². The highest BCUT2D eigenvalue weighted by molar-refractivity contribution is 7.25. The van der Waals surface area contributed by atoms with Crippen molar-refractivity contribution in [3.8, 4) is 33.6 Å². The van der Waals surface area contributed by atoms with Crippen molar-refractivity contribution in [2.75, 3.05) is 0 Å². The van der Waals surface area contributed by atoms with E-state index in [1.165, 1.54) is 58.8 Å². The molecule has 9 aromatic rings. The van der Waals surface area contributed by atoms with E-state index in [1.807, 2.05) is 11.3 Å². The first-order valence-electron chi connectivity index (χ1n) is 15.7. The zero-order chi connectivity index (χ0) is 30.9. The Morgan fingerprint density at radius 3 is 1.65 bits per heavy atom. The summed E-state index contributed by atoms with van der Waals surface area (Å²) in [7, 11) is 0. The molecule has 0 spiro atoms. The molecule has 0 amide bonds. The number of rotatable bonds is 3. The van der Waals surface area contributed by atoms with Crippen LogP contribution in [0.15, 0.2) is 127 Å². The van der Waals surface area contributed by atoms with Crippen LogP contribution < -0.4 is 0 Å². The summed E-state index contributed by atoms with van der Waals surface area (Å²) in [4.78, 5) is 11.1. The molecule has 0 saturated carbocycles. The zero-order valence-corrected chi connectivity index (χ0v) is 26.7. The first-order chi connectivity index (χ1) is 22.5. The zero-order valence-electron chi connectivity index (χ0n) is 25.9. The van der Waals surface area contributed by atoms with E-state index in [0.717, 1.165) is 44.3 Å². The number of nitrogens with zero attached hydrogens (tertiary/aromatic N) is 2. The Morgan fingerprint density at radius 2 is 0.957 bits per heavy atom. The maximum atomic E-state index is 5.56. The summed E-state index contributed by atoms with van der Waals surface area (Å²) >= 11 is 1.85. The van der Waals surface area contributed by atoms with Crippen molar-refractivity contribution in [2.24, 2.45) is 0 Å². The van der Waals surface area contributed by atoms with E-state index < -0.39 is 0 Å². The number of thiophene rings is 1. The fraction of sp³-hybridized carbons (Fsp3) is 0.0698. The van der Waals surface area contributed by atoms with Crippen LogP contribution in [-0.4, -0.2) is 9.97 Å². The third kappa shape index (κ3) is 4.16. The van der Waals surface area contributed by atoms with Crippen LogP contribution in [-0.2, 0) is 0 Å². The minimum atomic E-state index is 0.909. The fourth-order valence-electron chi connectivity index (χ4n) is 7.34. The predicted molar refractivity (Wildman–Crippen MR) is 198 cm³/mol. The molecule has 218 valence electrons. The SMILES string of the molecule is Cc1cc(C)c(-c2nc3c4ccccc4c4ccccc4c3nc2-c2cccc(-c3ccc4sc5ccccc5c4c3)c2)c(C)c1. The third-order valence-corrected chi connectivity index (χ3v) is 10.5. The summed E-state index contributed by atoms with van der Waals surface area (Å²) in [6.45, 7) is 6.55. The lowest BCUT2D eigenvalue weighted by atomic mass is 9.92. The average Bonchev–Trinajstić information content (AvgIpc) is 3.46. The summed E-state index contributed by atoms with van der Waals surface area (Å²) in [6.07, 6.45) is 0. The summed E-state index contributed by atoms with van der Waals surface area (Å²) in [5, 5.41) is 7.27. The summed E-state index contributed by atoms with van der Waals surface area (Å²) < 4.78 is 2.64. The summed E-state index contributed by atoms with van der Waals surface area (Å²) in [6, 6.07) is 46.1. The highest BCUT2D eigenvalue weighted by Crippen LogP contribution is 2.41. The Hall–Kier alpha value is -5.38. The molecule has 9 rings (SSSR count). The smallest absolute Gasteiger partial charge is 0.0979 e. The van der Waals surface area contributed by atoms with Crippen molar-refractivity contribution < 1.29 is 0 Å². The first-order valence-corrected chi connectivity index (χ1v) is 16.6. The summed E-state index contributed by atoms with van der Waals surface area (Å²) in [5.74, 6) is 0. The Bertz CT molecular complexity index is 2660. The standard InChI is InChI=1S/C43H30N2S/c1-25-21-26(2)39(27(3)22-25)43-40(44-41-34-16-6-4-13-31(34)32-14-5-7-17-35(32)42(41)45-43)30-12-10-11-28(23-30)29-19-20-38-36(24-29)33-15-8-9-18-37(33)46-38/h4-24H,1-3H3. The maximum Gasteiger partial charge on any atom is 0.0979 e. The van der Waals surface area contributed by atoms with Gasteiger partial charge in [-0.2, -0.15) is 0 Å². The van der Waals surface area contributed by atoms with E-state index in [1.54, 1.807) is 0 Å². The normalized spacial score (nSPS) is 11.8. The van der Waals surface area contributed by atoms with E-state index in [9.17, 15) is 0 Å². The molecule has 0 aliphatic carbocycles. The van der Waals surface area contributed by atoms with Gasteiger partial charge in [-0.15, -0.1) is 11.3 Å². The number of aromatic nitrogens is 2. The van der Waals surface area contributed by atoms with E-state index in [-0.39, 0.29) is 0 Å². The van der Waals surface area contributed by atoms with Gasteiger partial charge in [0.2, 0.25) is 0 Å². The van der Waals surface area contributed by atoms with Crippen LogP contribution in [0.25, 0.3) is 86.4 Å². The van der Waals surface area contributed by atoms with Crippen molar-refractivity contribution in [1.29, 1.82) is 0 Å². The molecular formula is C43H30N2S. The van der Waals surface area contributed by atoms with Gasteiger partial charge in [0.15, 0.2) is 0 Å². The van der Waals surface area contributed by atoms with Gasteiger partial charge in [0, 0.05) is 42.1 Å². The maximum absolute atomic E-state index is 5.56. The molecule has 0 atom stereocenters. The van der Waals surface area contributed by atoms with Crippen LogP contribution in [0.5, 0.6) is 0 Å². The molecule has 0 unspecified atom stereocenters. The molecule has 0 radical (unpaired) electrons. The molecule has 2 aromatic heterocycles. The lowest BCUT2D eigenvalue weighted by Gasteiger charge is -2.18. The molecular weight excluding hydrogens is 577 g/mol. The van der Waals surface area contributed by atoms with E-state index in [2.05, 4.69) is 148 Å². The monoisotopic (exact) mass is 606 g/mol. The Kier molecular flexibility index (Phi) is 6.06. The number of hydrogen-bond donors (Lipinski definition) is 0. The van der Waals surface area contributed by atoms with Crippen molar-refractivity contribution in [3.05, 3.63) is 144 Å². The van der Waals surface area contributed by atoms with Gasteiger partial charge in [0.05, 0.1) is 22.4 Å². The molecule has 2 heterocycles. The van der Waals surface area contributed by atoms with Gasteiger partial charge in [-0.1, -0.05) is 109 Å². The molecule has 0 aliphatic heterocycles. The van der Waals surface area contributed by atoms with Crippen LogP contribution in [0, 0.1) is 20.8 Å². The van der Waals surface area contributed by atoms with Gasteiger partial charge in [-0.3, -0.25) is 0 Å². The molecule has 0 saturated heterocycles. The highest BCUT2D eigenvalue weighted by atomic mass is 32.1. The molecule has 0 N–H and O–H groups in total. The molecule has 46 heavy (non-hydrogen) atoms. The second kappa shape index (κ2) is 10.3. The molecule has 2 nitrogen and oxygen atoms in total. The fourth-order valence-corrected chi connectivity index (χ4v) is 8.43. The number of aryl methyl sites for hydroxylation is 3. The van der Waals surface area contributed by atoms with Gasteiger partial charge in [0.25, 0.3) is 0 Å². The van der Waals surface area contributed by atoms with Crippen LogP contribution >= 0.6 is 11.3 Å². The minimum Gasteiger partial charge on any atom is -0.243 e. The lowest BCUT2D eigenvalue weighted by molar-refractivity contribution is 1.25. The number of fused-ring (bicyclic) bond motifs is 9. The van der Waals surface area contributed by atoms with E-state index >= 15 is 0 Å². The van der Waals surface area contributed by atoms with Crippen LogP contribution in [0.1, 0.15) is 16.7 Å². The van der Waals surface area contributed by atoms with Gasteiger partial charge in [0.1, 0.15) is 0 Å². The topological polar surface area (TPSA) is 25.8 Å². The molecule has 0 bridgehead atoms. The van der Waals surface area contributed by atoms with Gasteiger partial charge in [-0.25, -0.2) is 9.97 Å². The van der Waals surface area contributed by atoms with Crippen LogP contribution in [0.4, 0.5) is 0 Å². The van der Waals surface area contributed by atoms with Crippen LogP contribution in [0.3, 0.4) is 0 Å². The largest absolute Gasteiger partial charge is 0.243 e. The second-order valence-electron chi connectivity index (χ2n) is 12.4. The quantitative estimate of drug-likeness (QED) is 0.187. The third-order valence-electron chi connectivity index (χ3n) is 9.31. The van der Waals surface area contributed by atoms with E-state index in [4.69, 9.17) is 9.97 Å². The Morgan fingerprint density at radius 1 is 0.413 bits per heavy atom. The molecule has 0 aliphatic rings. The van der Waals surface area contributed by atoms with Crippen molar-refractivity contribution in [1.82, 2.24) is 9.97 Å². The Balaban J connectivity index is 1.34. The highest BCUT2D eigenvalue weighted by Gasteiger charge is 2.20. The molecule has 0 fully saturated rings. The van der Waals surface area contributed by atoms with E-state index in [0.29, 0.717) is 0 Å². The average molecular weight is 607 g/mol. The number of hydrogen-bond acceptors (Lipinski definition) is 3. The second-order valence-corrected chi connectivity index (χ2v) is 13.5. The summed E-state index contributed by atoms with van der Waals surface area (Å²) in [5.41, 5.74) is 12.0. The molecule has 7 aromatic carbocycles. The lowest BCUT2D eigenvalue weighted by Crippen LogP contribution is -2.00. The van der Waals surface area contributed by atoms with Crippen molar-refractivity contribution in [3.63, 3.8) is 0 Å². The Labute approximate surface area is 271 Å². The molecule has 3 heteroatoms. The first kappa shape index (κ1) is 27.0. The van der Waals surface area contributed by atoms with Crippen molar-refractivity contribution >= 4 is 64.1 Å².